The molecule has 0 bridgehead atoms. The highest BCUT2D eigenvalue weighted by molar-refractivity contribution is 5.85. The summed E-state index contributed by atoms with van der Waals surface area (Å²) in [4.78, 5) is 9.22. The third kappa shape index (κ3) is 751. The lowest BCUT2D eigenvalue weighted by Gasteiger charge is -1.60. The number of carbonyl (C=O) groups is 1. The molecule has 4 nitrogen and oxygen atoms in total. The van der Waals surface area contributed by atoms with Gasteiger partial charge in [0, 0.05) is 6.92 Å². The predicted molar refractivity (Wildman–Crippen MR) is 29.3 cm³/mol. The van der Waals surface area contributed by atoms with Gasteiger partial charge < -0.3 is 16.7 Å². The van der Waals surface area contributed by atoms with Gasteiger partial charge in [-0.1, -0.05) is 0 Å². The summed E-state index contributed by atoms with van der Waals surface area (Å²) in [5.74, 6) is -0.333. The van der Waals surface area contributed by atoms with E-state index in [4.69, 9.17) is 0 Å². The number of primary amides is 1. The highest BCUT2D eigenvalue weighted by Crippen LogP contribution is 1.33. The number of carbonyl (C=O) groups excluding carboxylic acids is 1. The van der Waals surface area contributed by atoms with Crippen LogP contribution in [0.25, 0.3) is 0 Å². The zero-order valence-electron chi connectivity index (χ0n) is 3.89. The van der Waals surface area contributed by atoms with Gasteiger partial charge in [0.1, 0.15) is 0 Å². The van der Waals surface area contributed by atoms with Crippen LogP contribution >= 0.6 is 12.4 Å². The van der Waals surface area contributed by atoms with Gasteiger partial charge in [-0.05, 0) is 0 Å². The van der Waals surface area contributed by atoms with Crippen molar-refractivity contribution in [1.82, 2.24) is 0 Å². The van der Waals surface area contributed by atoms with Crippen LogP contribution in [0.5, 0.6) is 0 Å². The molecule has 0 radical (unpaired) electrons. The molecule has 6 N–H and O–H groups in total. The fraction of sp³-hybridized carbons (Fsp3) is 0.500. The van der Waals surface area contributed by atoms with Crippen molar-refractivity contribution in [2.75, 3.05) is 0 Å². The van der Waals surface area contributed by atoms with Crippen molar-refractivity contribution in [3.63, 3.8) is 0 Å². The van der Waals surface area contributed by atoms with E-state index >= 15 is 0 Å². The predicted octanol–water partition coefficient (Wildman–Crippen LogP) is -1.74. The molecule has 48 valence electrons. The maximum absolute atomic E-state index is 9.22. The van der Waals surface area contributed by atoms with Crippen molar-refractivity contribution in [3.05, 3.63) is 0 Å². The van der Waals surface area contributed by atoms with Gasteiger partial charge in [-0.15, -0.1) is 12.4 Å². The minimum atomic E-state index is -0.333. The Morgan fingerprint density at radius 2 is 1.43 bits per heavy atom. The molecule has 5 heteroatoms. The van der Waals surface area contributed by atoms with E-state index < -0.39 is 0 Å². The minimum absolute atomic E-state index is 0. The molecule has 0 aromatic rings. The highest BCUT2D eigenvalue weighted by atomic mass is 35.5. The Kier molecular flexibility index (Phi) is 74.2. The Hall–Kier alpha value is -0.320. The fourth-order valence-electron chi connectivity index (χ4n) is 0. The zero-order valence-corrected chi connectivity index (χ0v) is 4.71. The van der Waals surface area contributed by atoms with Crippen LogP contribution in [0.3, 0.4) is 0 Å². The van der Waals surface area contributed by atoms with Crippen LogP contribution in [0, 0.1) is 0 Å². The molecule has 0 spiro atoms. The third-order valence-corrected chi connectivity index (χ3v) is 0. The van der Waals surface area contributed by atoms with E-state index in [0.29, 0.717) is 0 Å². The first-order valence-electron chi connectivity index (χ1n) is 0.993. The van der Waals surface area contributed by atoms with Crippen molar-refractivity contribution in [2.45, 2.75) is 6.92 Å². The number of amides is 1. The molecule has 0 saturated heterocycles. The summed E-state index contributed by atoms with van der Waals surface area (Å²) in [5.41, 5.74) is 4.47. The normalized spacial score (nSPS) is 3.57. The minimum Gasteiger partial charge on any atom is -0.412 e. The first-order chi connectivity index (χ1) is 1.73. The maximum atomic E-state index is 9.22. The lowest BCUT2D eigenvalue weighted by Crippen LogP contribution is -2.01. The van der Waals surface area contributed by atoms with E-state index in [2.05, 4.69) is 5.73 Å². The molecular formula is C2H10ClNO3. The molecule has 0 aliphatic carbocycles. The van der Waals surface area contributed by atoms with Crippen LogP contribution in [0.1, 0.15) is 6.92 Å². The van der Waals surface area contributed by atoms with Crippen molar-refractivity contribution in [3.8, 4) is 0 Å². The standard InChI is InChI=1S/C2H5NO.ClH.2H2O/c1-2(3)4;;;/h1H3,(H2,3,4);1H;2*1H2. The second-order valence-corrected chi connectivity index (χ2v) is 0.611. The van der Waals surface area contributed by atoms with Gasteiger partial charge in [0.2, 0.25) is 5.91 Å². The molecule has 1 amide bonds. The van der Waals surface area contributed by atoms with E-state index in [1.807, 2.05) is 0 Å². The first kappa shape index (κ1) is 30.0. The molecule has 0 atom stereocenters. The largest absolute Gasteiger partial charge is 0.412 e. The van der Waals surface area contributed by atoms with Crippen LogP contribution in [-0.2, 0) is 4.79 Å². The van der Waals surface area contributed by atoms with Gasteiger partial charge in [-0.2, -0.15) is 0 Å². The summed E-state index contributed by atoms with van der Waals surface area (Å²) >= 11 is 0. The van der Waals surface area contributed by atoms with Crippen molar-refractivity contribution in [1.29, 1.82) is 0 Å². The Labute approximate surface area is 47.7 Å². The van der Waals surface area contributed by atoms with Gasteiger partial charge in [0.25, 0.3) is 0 Å². The summed E-state index contributed by atoms with van der Waals surface area (Å²) in [6.07, 6.45) is 0. The molecule has 0 unspecified atom stereocenters. The Bertz CT molecular complexity index is 35.9. The maximum Gasteiger partial charge on any atom is 0.214 e. The van der Waals surface area contributed by atoms with E-state index in [1.54, 1.807) is 0 Å². The monoisotopic (exact) mass is 131 g/mol. The second kappa shape index (κ2) is 17.3. The zero-order chi connectivity index (χ0) is 3.58. The summed E-state index contributed by atoms with van der Waals surface area (Å²) in [5, 5.41) is 0. The summed E-state index contributed by atoms with van der Waals surface area (Å²) < 4.78 is 0. The molecule has 0 aliphatic heterocycles. The van der Waals surface area contributed by atoms with Crippen molar-refractivity contribution in [2.24, 2.45) is 5.73 Å². The van der Waals surface area contributed by atoms with Crippen LogP contribution in [-0.4, -0.2) is 16.9 Å². The second-order valence-electron chi connectivity index (χ2n) is 0.611. The van der Waals surface area contributed by atoms with E-state index in [0.717, 1.165) is 0 Å². The number of hydrogen-bond donors (Lipinski definition) is 1. The fourth-order valence-corrected chi connectivity index (χ4v) is 0. The lowest BCUT2D eigenvalue weighted by atomic mass is 10.8. The van der Waals surface area contributed by atoms with Crippen molar-refractivity contribution >= 4 is 18.3 Å². The number of nitrogens with two attached hydrogens (primary N) is 1. The third-order valence-electron chi connectivity index (χ3n) is 0. The molecule has 0 saturated carbocycles. The molecule has 0 fully saturated rings. The average molecular weight is 132 g/mol. The molecular weight excluding hydrogens is 121 g/mol. The molecule has 0 aliphatic rings. The number of rotatable bonds is 0. The van der Waals surface area contributed by atoms with Crippen molar-refractivity contribution < 1.29 is 15.7 Å². The van der Waals surface area contributed by atoms with Gasteiger partial charge in [-0.3, -0.25) is 4.79 Å². The molecule has 0 aromatic heterocycles. The summed E-state index contributed by atoms with van der Waals surface area (Å²) in [7, 11) is 0. The molecule has 0 aromatic carbocycles. The SMILES string of the molecule is CC(N)=O.Cl.O.O. The van der Waals surface area contributed by atoms with Gasteiger partial charge in [0.05, 0.1) is 0 Å². The Morgan fingerprint density at radius 1 is 1.43 bits per heavy atom. The Morgan fingerprint density at radius 3 is 1.43 bits per heavy atom. The van der Waals surface area contributed by atoms with Crippen LogP contribution in [0.2, 0.25) is 0 Å². The topological polar surface area (TPSA) is 106 Å². The smallest absolute Gasteiger partial charge is 0.214 e. The lowest BCUT2D eigenvalue weighted by molar-refractivity contribution is -0.115. The summed E-state index contributed by atoms with van der Waals surface area (Å²) in [6, 6.07) is 0. The first-order valence-corrected chi connectivity index (χ1v) is 0.993. The number of halogens is 1. The van der Waals surface area contributed by atoms with Gasteiger partial charge in [-0.25, -0.2) is 0 Å². The van der Waals surface area contributed by atoms with Gasteiger partial charge >= 0.3 is 0 Å². The van der Waals surface area contributed by atoms with Crippen LogP contribution < -0.4 is 5.73 Å². The number of hydrogen-bond acceptors (Lipinski definition) is 1. The molecule has 0 rings (SSSR count). The van der Waals surface area contributed by atoms with E-state index in [-0.39, 0.29) is 29.3 Å². The quantitative estimate of drug-likeness (QED) is 0.414. The molecule has 0 heterocycles. The molecule has 7 heavy (non-hydrogen) atoms. The van der Waals surface area contributed by atoms with Gasteiger partial charge in [0.15, 0.2) is 0 Å². The average Bonchev–Trinajstić information content (AvgIpc) is 0.811. The van der Waals surface area contributed by atoms with E-state index in [9.17, 15) is 4.79 Å². The van der Waals surface area contributed by atoms with Crippen LogP contribution in [0.15, 0.2) is 0 Å². The summed E-state index contributed by atoms with van der Waals surface area (Å²) in [6.45, 7) is 1.31. The van der Waals surface area contributed by atoms with E-state index in [1.165, 1.54) is 6.92 Å². The Balaban J connectivity index is -0.0000000150. The van der Waals surface area contributed by atoms with Crippen LogP contribution in [0.4, 0.5) is 0 Å². The highest BCUT2D eigenvalue weighted by Gasteiger charge is 1.61.